The molecule has 1 spiro atoms. The smallest absolute Gasteiger partial charge is 0.466 e. The molecule has 2 heterocycles. The minimum Gasteiger partial charge on any atom is -0.495 e. The summed E-state index contributed by atoms with van der Waals surface area (Å²) in [6.45, 7) is 12.6. The monoisotopic (exact) mass is 759 g/mol. The van der Waals surface area contributed by atoms with Crippen LogP contribution in [0.4, 0.5) is 5.69 Å². The number of phosphoric acid groups is 1. The second-order valence-electron chi connectivity index (χ2n) is 13.4. The van der Waals surface area contributed by atoms with E-state index in [9.17, 15) is 18.0 Å². The van der Waals surface area contributed by atoms with E-state index in [1.54, 1.807) is 12.1 Å². The third-order valence-electron chi connectivity index (χ3n) is 8.69. The molecule has 51 heavy (non-hydrogen) atoms. The van der Waals surface area contributed by atoms with E-state index in [1.165, 1.54) is 25.3 Å². The molecule has 1 saturated carbocycles. The molecule has 1 saturated heterocycles. The summed E-state index contributed by atoms with van der Waals surface area (Å²) in [5.41, 5.74) is -0.305. The summed E-state index contributed by atoms with van der Waals surface area (Å²) >= 11 is 0. The lowest BCUT2D eigenvalue weighted by molar-refractivity contribution is -0.124. The number of ether oxygens (including phenoxy) is 4. The molecule has 5 rings (SSSR count). The summed E-state index contributed by atoms with van der Waals surface area (Å²) in [6.07, 6.45) is 2.14. The maximum Gasteiger partial charge on any atom is 0.466 e. The van der Waals surface area contributed by atoms with Crippen LogP contribution in [0.2, 0.25) is 0 Å². The second kappa shape index (κ2) is 17.1. The molecule has 0 unspecified atom stereocenters. The number of fused-ring (bicyclic) bond motifs is 2. The van der Waals surface area contributed by atoms with Crippen LogP contribution in [0.25, 0.3) is 0 Å². The Morgan fingerprint density at radius 2 is 1.71 bits per heavy atom. The Balaban J connectivity index is 0.00000109. The van der Waals surface area contributed by atoms with E-state index in [1.807, 2.05) is 33.8 Å². The summed E-state index contributed by atoms with van der Waals surface area (Å²) < 4.78 is 61.4. The van der Waals surface area contributed by atoms with E-state index in [0.29, 0.717) is 55.9 Å². The number of morpholine rings is 1. The highest BCUT2D eigenvalue weighted by molar-refractivity contribution is 7.93. The molecule has 0 atom stereocenters. The van der Waals surface area contributed by atoms with E-state index >= 15 is 0 Å². The molecule has 0 bridgehead atoms. The second-order valence-corrected chi connectivity index (χ2v) is 16.2. The quantitative estimate of drug-likeness (QED) is 0.255. The van der Waals surface area contributed by atoms with Gasteiger partial charge in [0.15, 0.2) is 0 Å². The van der Waals surface area contributed by atoms with E-state index in [4.69, 9.17) is 38.2 Å². The van der Waals surface area contributed by atoms with Crippen LogP contribution < -0.4 is 19.1 Å². The Labute approximate surface area is 298 Å². The van der Waals surface area contributed by atoms with Gasteiger partial charge in [-0.05, 0) is 95.3 Å². The van der Waals surface area contributed by atoms with Gasteiger partial charge in [0.25, 0.3) is 21.8 Å². The van der Waals surface area contributed by atoms with Crippen molar-refractivity contribution >= 4 is 35.3 Å². The number of methoxy groups -OCH3 is 1. The Morgan fingerprint density at radius 1 is 1.08 bits per heavy atom. The minimum absolute atomic E-state index is 0. The first kappa shape index (κ1) is 42.3. The molecule has 1 aliphatic carbocycles. The lowest BCUT2D eigenvalue weighted by Crippen LogP contribution is -2.46. The number of sulfonamides is 1. The van der Waals surface area contributed by atoms with Gasteiger partial charge in [-0.2, -0.15) is 0 Å². The molecular weight excluding hydrogens is 709 g/mol. The largest absolute Gasteiger partial charge is 0.495 e. The van der Waals surface area contributed by atoms with Crippen molar-refractivity contribution in [2.45, 2.75) is 75.3 Å². The zero-order valence-corrected chi connectivity index (χ0v) is 31.3. The topological polar surface area (TPSA) is 233 Å². The minimum atomic E-state index is -4.64. The van der Waals surface area contributed by atoms with Gasteiger partial charge in [0.05, 0.1) is 50.7 Å². The van der Waals surface area contributed by atoms with Crippen LogP contribution in [0.1, 0.15) is 69.3 Å². The summed E-state index contributed by atoms with van der Waals surface area (Å²) in [5.74, 6) is -0.290. The zero-order valence-electron chi connectivity index (χ0n) is 29.6. The van der Waals surface area contributed by atoms with Crippen molar-refractivity contribution < 1.29 is 61.7 Å². The van der Waals surface area contributed by atoms with Crippen molar-refractivity contribution in [3.8, 4) is 11.5 Å². The van der Waals surface area contributed by atoms with Crippen LogP contribution in [0.3, 0.4) is 0 Å². The predicted molar refractivity (Wildman–Crippen MR) is 188 cm³/mol. The lowest BCUT2D eigenvalue weighted by atomic mass is 9.69. The normalized spacial score (nSPS) is 20.9. The van der Waals surface area contributed by atoms with Gasteiger partial charge < -0.3 is 44.4 Å². The molecule has 6 N–H and O–H groups in total. The van der Waals surface area contributed by atoms with E-state index in [-0.39, 0.29) is 33.7 Å². The van der Waals surface area contributed by atoms with E-state index in [0.717, 1.165) is 37.2 Å². The Bertz CT molecular complexity index is 1670. The number of nitrogens with one attached hydrogen (secondary N) is 1. The molecule has 18 heteroatoms. The highest BCUT2D eigenvalue weighted by atomic mass is 32.2. The third kappa shape index (κ3) is 10.5. The fourth-order valence-electron chi connectivity index (χ4n) is 6.43. The van der Waals surface area contributed by atoms with Crippen LogP contribution in [0.5, 0.6) is 11.5 Å². The average molecular weight is 760 g/mol. The highest BCUT2D eigenvalue weighted by Crippen LogP contribution is 2.53. The first-order chi connectivity index (χ1) is 23.4. The van der Waals surface area contributed by atoms with Crippen molar-refractivity contribution in [2.75, 3.05) is 57.5 Å². The molecular formula is C33H50N3O13PS. The highest BCUT2D eigenvalue weighted by Gasteiger charge is 2.56. The van der Waals surface area contributed by atoms with Gasteiger partial charge in [-0.15, -0.1) is 0 Å². The number of carbonyl (C=O) groups excluding carboxylic acids is 2. The molecule has 2 aliphatic heterocycles. The molecule has 286 valence electrons. The van der Waals surface area contributed by atoms with Gasteiger partial charge in [-0.1, -0.05) is 0 Å². The zero-order chi connectivity index (χ0) is 36.9. The van der Waals surface area contributed by atoms with Crippen molar-refractivity contribution in [1.82, 2.24) is 10.2 Å². The van der Waals surface area contributed by atoms with Gasteiger partial charge in [-0.3, -0.25) is 14.5 Å². The van der Waals surface area contributed by atoms with Crippen molar-refractivity contribution in [3.05, 3.63) is 47.5 Å². The fraction of sp³-hybridized carbons (Fsp3) is 0.576. The maximum atomic E-state index is 14.4. The fourth-order valence-corrected chi connectivity index (χ4v) is 8.07. The first-order valence-electron chi connectivity index (χ1n) is 16.5. The number of rotatable bonds is 10. The number of hydrogen-bond donors (Lipinski definition) is 4. The first-order valence-corrected chi connectivity index (χ1v) is 19.5. The number of amides is 2. The van der Waals surface area contributed by atoms with Crippen LogP contribution in [0, 0.1) is 0 Å². The molecule has 2 fully saturated rings. The van der Waals surface area contributed by atoms with Gasteiger partial charge in [0, 0.05) is 30.7 Å². The third-order valence-corrected chi connectivity index (χ3v) is 10.4. The molecule has 16 nitrogen and oxygen atoms in total. The average Bonchev–Trinajstić information content (AvgIpc) is 3.27. The number of nitrogens with zero attached hydrogens (tertiary/aromatic N) is 2. The molecule has 2 amide bonds. The van der Waals surface area contributed by atoms with Crippen LogP contribution >= 0.6 is 7.82 Å². The van der Waals surface area contributed by atoms with E-state index in [2.05, 4.69) is 10.2 Å². The summed E-state index contributed by atoms with van der Waals surface area (Å²) in [6, 6.07) is 9.30. The lowest BCUT2D eigenvalue weighted by Gasteiger charge is -2.36. The summed E-state index contributed by atoms with van der Waals surface area (Å²) in [5, 5.41) is 2.87. The van der Waals surface area contributed by atoms with Gasteiger partial charge in [0.2, 0.25) is 0 Å². The van der Waals surface area contributed by atoms with Crippen LogP contribution in [-0.2, 0) is 34.3 Å². The Hall–Kier alpha value is -3.12. The van der Waals surface area contributed by atoms with Crippen molar-refractivity contribution in [1.29, 1.82) is 0 Å². The van der Waals surface area contributed by atoms with Crippen molar-refractivity contribution in [3.63, 3.8) is 0 Å². The SMILES string of the molecule is CCOc1ccc2c(c1)C1(CCC(OCCN3CCOCC3)CC1)C(=O)N2S(=O)(=O)c1ccc(C(=O)NC(C)(C)C)cc1OC.O.O=P(O)(O)O. The Morgan fingerprint density at radius 3 is 2.27 bits per heavy atom. The van der Waals surface area contributed by atoms with Crippen LogP contribution in [0.15, 0.2) is 41.3 Å². The molecule has 0 aromatic heterocycles. The number of carbonyl (C=O) groups is 2. The summed E-state index contributed by atoms with van der Waals surface area (Å²) in [7, 11) is -7.72. The maximum absolute atomic E-state index is 14.4. The van der Waals surface area contributed by atoms with Gasteiger partial charge in [-0.25, -0.2) is 17.3 Å². The summed E-state index contributed by atoms with van der Waals surface area (Å²) in [4.78, 5) is 50.9. The molecule has 2 aromatic rings. The predicted octanol–water partition coefficient (Wildman–Crippen LogP) is 2.13. The molecule has 2 aromatic carbocycles. The molecule has 3 aliphatic rings. The van der Waals surface area contributed by atoms with Gasteiger partial charge >= 0.3 is 7.82 Å². The molecule has 0 radical (unpaired) electrons. The van der Waals surface area contributed by atoms with E-state index < -0.39 is 34.7 Å². The Kier molecular flexibility index (Phi) is 14.2. The van der Waals surface area contributed by atoms with Crippen LogP contribution in [-0.4, -0.2) is 110 Å². The number of hydrogen-bond acceptors (Lipinski definition) is 10. The van der Waals surface area contributed by atoms with Gasteiger partial charge in [0.1, 0.15) is 16.4 Å². The van der Waals surface area contributed by atoms with Crippen molar-refractivity contribution in [2.24, 2.45) is 0 Å². The number of benzene rings is 2. The number of anilines is 1. The standard InChI is InChI=1S/C33H45N3O8S.H3O4P.H2O/c1-6-43-25-8-9-27-26(22-25)33(13-11-24(12-14-33)44-20-17-35-15-18-42-19-16-35)31(38)36(27)45(39,40)29-10-7-23(21-28(29)41-5)30(37)34-32(2,3)4;1-5(2,3)4;/h7-10,21-22,24H,6,11-20H2,1-5H3,(H,34,37);(H3,1,2,3,4);1H2.